The van der Waals surface area contributed by atoms with Gasteiger partial charge in [0.15, 0.2) is 0 Å². The standard InChI is InChI=1S/C18H19ClN2/c1-18(2,3)17-20-15-6-4-5-7-16(15)21(17)12-13-8-10-14(19)11-9-13/h4-11H,12H2,1-3H3. The van der Waals surface area contributed by atoms with Crippen LogP contribution in [-0.4, -0.2) is 9.55 Å². The van der Waals surface area contributed by atoms with Crippen LogP contribution in [-0.2, 0) is 12.0 Å². The minimum Gasteiger partial charge on any atom is -0.323 e. The van der Waals surface area contributed by atoms with Crippen molar-refractivity contribution >= 4 is 22.6 Å². The summed E-state index contributed by atoms with van der Waals surface area (Å²) >= 11 is 5.97. The summed E-state index contributed by atoms with van der Waals surface area (Å²) in [7, 11) is 0. The molecule has 0 saturated heterocycles. The molecule has 21 heavy (non-hydrogen) atoms. The fourth-order valence-electron chi connectivity index (χ4n) is 2.58. The van der Waals surface area contributed by atoms with Crippen molar-refractivity contribution in [2.24, 2.45) is 0 Å². The summed E-state index contributed by atoms with van der Waals surface area (Å²) in [5, 5.41) is 0.769. The highest BCUT2D eigenvalue weighted by atomic mass is 35.5. The summed E-state index contributed by atoms with van der Waals surface area (Å²) in [4.78, 5) is 4.83. The molecule has 3 rings (SSSR count). The molecular weight excluding hydrogens is 280 g/mol. The van der Waals surface area contributed by atoms with E-state index in [9.17, 15) is 0 Å². The zero-order valence-electron chi connectivity index (χ0n) is 12.6. The topological polar surface area (TPSA) is 17.8 Å². The van der Waals surface area contributed by atoms with Crippen molar-refractivity contribution in [1.82, 2.24) is 9.55 Å². The first-order valence-corrected chi connectivity index (χ1v) is 7.53. The highest BCUT2D eigenvalue weighted by Crippen LogP contribution is 2.27. The molecular formula is C18H19ClN2. The second-order valence-electron chi connectivity index (χ2n) is 6.39. The van der Waals surface area contributed by atoms with Crippen LogP contribution in [0, 0.1) is 0 Å². The van der Waals surface area contributed by atoms with Crippen molar-refractivity contribution in [1.29, 1.82) is 0 Å². The summed E-state index contributed by atoms with van der Waals surface area (Å²) < 4.78 is 2.30. The molecule has 0 radical (unpaired) electrons. The summed E-state index contributed by atoms with van der Waals surface area (Å²) in [6.07, 6.45) is 0. The van der Waals surface area contributed by atoms with Crippen molar-refractivity contribution < 1.29 is 0 Å². The second kappa shape index (κ2) is 5.19. The van der Waals surface area contributed by atoms with Gasteiger partial charge < -0.3 is 4.57 Å². The predicted molar refractivity (Wildman–Crippen MR) is 89.0 cm³/mol. The zero-order valence-corrected chi connectivity index (χ0v) is 13.4. The molecule has 0 spiro atoms. The number of rotatable bonds is 2. The number of nitrogens with zero attached hydrogens (tertiary/aromatic N) is 2. The molecule has 0 aliphatic rings. The van der Waals surface area contributed by atoms with Gasteiger partial charge in [0.2, 0.25) is 0 Å². The molecule has 0 atom stereocenters. The maximum atomic E-state index is 5.97. The van der Waals surface area contributed by atoms with E-state index in [0.717, 1.165) is 22.9 Å². The van der Waals surface area contributed by atoms with Gasteiger partial charge in [0.05, 0.1) is 11.0 Å². The molecule has 0 bridgehead atoms. The van der Waals surface area contributed by atoms with Crippen LogP contribution in [0.1, 0.15) is 32.2 Å². The monoisotopic (exact) mass is 298 g/mol. The first kappa shape index (κ1) is 14.2. The van der Waals surface area contributed by atoms with Crippen LogP contribution < -0.4 is 0 Å². The van der Waals surface area contributed by atoms with E-state index in [4.69, 9.17) is 16.6 Å². The predicted octanol–water partition coefficient (Wildman–Crippen LogP) is 5.04. The van der Waals surface area contributed by atoms with Crippen LogP contribution in [0.2, 0.25) is 5.02 Å². The lowest BCUT2D eigenvalue weighted by Crippen LogP contribution is -2.19. The van der Waals surface area contributed by atoms with Gasteiger partial charge >= 0.3 is 0 Å². The molecule has 2 aromatic carbocycles. The number of halogens is 1. The average Bonchev–Trinajstić information content (AvgIpc) is 2.81. The smallest absolute Gasteiger partial charge is 0.115 e. The molecule has 3 aromatic rings. The van der Waals surface area contributed by atoms with E-state index in [0.29, 0.717) is 0 Å². The van der Waals surface area contributed by atoms with Crippen LogP contribution >= 0.6 is 11.6 Å². The molecule has 108 valence electrons. The summed E-state index contributed by atoms with van der Waals surface area (Å²) in [5.74, 6) is 1.11. The third kappa shape index (κ3) is 2.81. The average molecular weight is 299 g/mol. The number of benzene rings is 2. The number of fused-ring (bicyclic) bond motifs is 1. The van der Waals surface area contributed by atoms with Gasteiger partial charge in [0.1, 0.15) is 5.82 Å². The Morgan fingerprint density at radius 2 is 1.67 bits per heavy atom. The summed E-state index contributed by atoms with van der Waals surface area (Å²) in [6.45, 7) is 7.41. The quantitative estimate of drug-likeness (QED) is 0.648. The summed E-state index contributed by atoms with van der Waals surface area (Å²) in [6, 6.07) is 16.3. The lowest BCUT2D eigenvalue weighted by Gasteiger charge is -2.20. The Bertz CT molecular complexity index is 764. The highest BCUT2D eigenvalue weighted by Gasteiger charge is 2.22. The molecule has 2 nitrogen and oxygen atoms in total. The zero-order chi connectivity index (χ0) is 15.0. The molecule has 0 aliphatic heterocycles. The highest BCUT2D eigenvalue weighted by molar-refractivity contribution is 6.30. The Labute approximate surface area is 130 Å². The maximum Gasteiger partial charge on any atom is 0.115 e. The van der Waals surface area contributed by atoms with Crippen molar-refractivity contribution in [3.05, 3.63) is 64.9 Å². The Morgan fingerprint density at radius 3 is 2.33 bits per heavy atom. The van der Waals surface area contributed by atoms with E-state index in [1.54, 1.807) is 0 Å². The molecule has 0 N–H and O–H groups in total. The van der Waals surface area contributed by atoms with Crippen LogP contribution in [0.4, 0.5) is 0 Å². The van der Waals surface area contributed by atoms with Gasteiger partial charge in [0.25, 0.3) is 0 Å². The fourth-order valence-corrected chi connectivity index (χ4v) is 2.71. The van der Waals surface area contributed by atoms with E-state index < -0.39 is 0 Å². The Morgan fingerprint density at radius 1 is 1.00 bits per heavy atom. The van der Waals surface area contributed by atoms with Crippen molar-refractivity contribution in [3.8, 4) is 0 Å². The van der Waals surface area contributed by atoms with E-state index >= 15 is 0 Å². The molecule has 0 aliphatic carbocycles. The third-order valence-corrected chi connectivity index (χ3v) is 3.83. The molecule has 0 amide bonds. The molecule has 1 heterocycles. The molecule has 0 unspecified atom stereocenters. The first-order chi connectivity index (χ1) is 9.95. The minimum atomic E-state index is 0.00540. The molecule has 0 fully saturated rings. The molecule has 0 saturated carbocycles. The fraction of sp³-hybridized carbons (Fsp3) is 0.278. The van der Waals surface area contributed by atoms with E-state index in [1.165, 1.54) is 11.1 Å². The number of hydrogen-bond donors (Lipinski definition) is 0. The van der Waals surface area contributed by atoms with Crippen LogP contribution in [0.5, 0.6) is 0 Å². The van der Waals surface area contributed by atoms with Gasteiger partial charge in [-0.15, -0.1) is 0 Å². The van der Waals surface area contributed by atoms with Gasteiger partial charge in [0, 0.05) is 17.0 Å². The summed E-state index contributed by atoms with van der Waals surface area (Å²) in [5.41, 5.74) is 3.47. The number of imidazole rings is 1. The molecule has 1 aromatic heterocycles. The van der Waals surface area contributed by atoms with Gasteiger partial charge in [-0.05, 0) is 29.8 Å². The number of aromatic nitrogens is 2. The first-order valence-electron chi connectivity index (χ1n) is 7.15. The number of para-hydroxylation sites is 2. The minimum absolute atomic E-state index is 0.00540. The van der Waals surface area contributed by atoms with Crippen molar-refractivity contribution in [2.45, 2.75) is 32.7 Å². The lowest BCUT2D eigenvalue weighted by atomic mass is 9.95. The normalized spacial score (nSPS) is 12.0. The van der Waals surface area contributed by atoms with E-state index in [-0.39, 0.29) is 5.41 Å². The number of hydrogen-bond acceptors (Lipinski definition) is 1. The maximum absolute atomic E-state index is 5.97. The van der Waals surface area contributed by atoms with Gasteiger partial charge in [-0.3, -0.25) is 0 Å². The van der Waals surface area contributed by atoms with Crippen molar-refractivity contribution in [2.75, 3.05) is 0 Å². The molecule has 3 heteroatoms. The van der Waals surface area contributed by atoms with E-state index in [2.05, 4.69) is 55.7 Å². The Hall–Kier alpha value is -1.80. The Balaban J connectivity index is 2.13. The van der Waals surface area contributed by atoms with E-state index in [1.807, 2.05) is 18.2 Å². The third-order valence-electron chi connectivity index (χ3n) is 3.58. The Kier molecular flexibility index (Phi) is 3.50. The lowest BCUT2D eigenvalue weighted by molar-refractivity contribution is 0.516. The second-order valence-corrected chi connectivity index (χ2v) is 6.82. The van der Waals surface area contributed by atoms with Gasteiger partial charge in [-0.2, -0.15) is 0 Å². The van der Waals surface area contributed by atoms with Gasteiger partial charge in [-0.25, -0.2) is 4.98 Å². The van der Waals surface area contributed by atoms with Crippen LogP contribution in [0.3, 0.4) is 0 Å². The van der Waals surface area contributed by atoms with Crippen LogP contribution in [0.25, 0.3) is 11.0 Å². The van der Waals surface area contributed by atoms with Crippen molar-refractivity contribution in [3.63, 3.8) is 0 Å². The van der Waals surface area contributed by atoms with Crippen LogP contribution in [0.15, 0.2) is 48.5 Å². The largest absolute Gasteiger partial charge is 0.323 e. The SMILES string of the molecule is CC(C)(C)c1nc2ccccc2n1Cc1ccc(Cl)cc1. The van der Waals surface area contributed by atoms with Gasteiger partial charge in [-0.1, -0.05) is 56.6 Å².